The zero-order valence-electron chi connectivity index (χ0n) is 12.0. The molecule has 2 amide bonds. The second kappa shape index (κ2) is 7.04. The third-order valence-electron chi connectivity index (χ3n) is 3.68. The highest BCUT2D eigenvalue weighted by atomic mass is 79.9. The summed E-state index contributed by atoms with van der Waals surface area (Å²) in [6, 6.07) is 7.02. The van der Waals surface area contributed by atoms with E-state index in [0.717, 1.165) is 10.2 Å². The fourth-order valence-corrected chi connectivity index (χ4v) is 2.69. The van der Waals surface area contributed by atoms with Crippen LogP contribution in [0.4, 0.5) is 5.69 Å². The van der Waals surface area contributed by atoms with E-state index in [2.05, 4.69) is 21.2 Å². The third-order valence-corrected chi connectivity index (χ3v) is 4.21. The SMILES string of the molecule is C[C@H](N)C(=O)N1CCC(C(=O)Nc2ccc(Br)cc2)CC1. The maximum atomic E-state index is 12.2. The monoisotopic (exact) mass is 353 g/mol. The van der Waals surface area contributed by atoms with Gasteiger partial charge in [0.15, 0.2) is 0 Å². The van der Waals surface area contributed by atoms with Gasteiger partial charge in [0.25, 0.3) is 0 Å². The van der Waals surface area contributed by atoms with Crippen molar-refractivity contribution in [3.63, 3.8) is 0 Å². The summed E-state index contributed by atoms with van der Waals surface area (Å²) in [4.78, 5) is 25.7. The summed E-state index contributed by atoms with van der Waals surface area (Å²) in [6.45, 7) is 2.88. The van der Waals surface area contributed by atoms with Crippen LogP contribution in [0.1, 0.15) is 19.8 Å². The van der Waals surface area contributed by atoms with Gasteiger partial charge in [-0.2, -0.15) is 0 Å². The average Bonchev–Trinajstić information content (AvgIpc) is 2.49. The lowest BCUT2D eigenvalue weighted by molar-refractivity contribution is -0.135. The second-order valence-electron chi connectivity index (χ2n) is 5.38. The summed E-state index contributed by atoms with van der Waals surface area (Å²) >= 11 is 3.36. The van der Waals surface area contributed by atoms with Crippen molar-refractivity contribution in [3.8, 4) is 0 Å². The van der Waals surface area contributed by atoms with Crippen molar-refractivity contribution < 1.29 is 9.59 Å². The Morgan fingerprint density at radius 2 is 1.86 bits per heavy atom. The molecule has 0 unspecified atom stereocenters. The van der Waals surface area contributed by atoms with Gasteiger partial charge in [0.1, 0.15) is 0 Å². The molecule has 0 bridgehead atoms. The first kappa shape index (κ1) is 16.0. The lowest BCUT2D eigenvalue weighted by Gasteiger charge is -2.32. The first-order valence-electron chi connectivity index (χ1n) is 7.08. The fourth-order valence-electron chi connectivity index (χ4n) is 2.43. The summed E-state index contributed by atoms with van der Waals surface area (Å²) in [5.74, 6) is -0.0715. The molecule has 6 heteroatoms. The Kier molecular flexibility index (Phi) is 5.36. The van der Waals surface area contributed by atoms with E-state index in [1.807, 2.05) is 24.3 Å². The molecule has 1 aliphatic heterocycles. The van der Waals surface area contributed by atoms with Crippen LogP contribution in [0.25, 0.3) is 0 Å². The van der Waals surface area contributed by atoms with Crippen LogP contribution < -0.4 is 11.1 Å². The lowest BCUT2D eigenvalue weighted by atomic mass is 9.95. The maximum absolute atomic E-state index is 12.2. The number of carbonyl (C=O) groups is 2. The zero-order valence-corrected chi connectivity index (χ0v) is 13.6. The van der Waals surface area contributed by atoms with E-state index in [9.17, 15) is 9.59 Å². The largest absolute Gasteiger partial charge is 0.341 e. The Balaban J connectivity index is 1.86. The van der Waals surface area contributed by atoms with Crippen molar-refractivity contribution in [3.05, 3.63) is 28.7 Å². The predicted molar refractivity (Wildman–Crippen MR) is 85.7 cm³/mol. The molecular weight excluding hydrogens is 334 g/mol. The average molecular weight is 354 g/mol. The molecule has 2 rings (SSSR count). The van der Waals surface area contributed by atoms with Gasteiger partial charge in [0, 0.05) is 29.2 Å². The molecule has 1 aliphatic rings. The standard InChI is InChI=1S/C15H20BrN3O2/c1-10(17)15(21)19-8-6-11(7-9-19)14(20)18-13-4-2-12(16)3-5-13/h2-5,10-11H,6-9,17H2,1H3,(H,18,20)/t10-/m0/s1. The number of rotatable bonds is 3. The van der Waals surface area contributed by atoms with Gasteiger partial charge in [-0.15, -0.1) is 0 Å². The molecule has 1 atom stereocenters. The summed E-state index contributed by atoms with van der Waals surface area (Å²) in [5, 5.41) is 2.92. The Morgan fingerprint density at radius 3 is 2.38 bits per heavy atom. The number of nitrogens with two attached hydrogens (primary N) is 1. The number of halogens is 1. The number of benzene rings is 1. The summed E-state index contributed by atoms with van der Waals surface area (Å²) in [6.07, 6.45) is 1.36. The van der Waals surface area contributed by atoms with E-state index in [1.54, 1.807) is 11.8 Å². The van der Waals surface area contributed by atoms with Crippen LogP contribution >= 0.6 is 15.9 Å². The third kappa shape index (κ3) is 4.28. The topological polar surface area (TPSA) is 75.4 Å². The number of piperidine rings is 1. The van der Waals surface area contributed by atoms with Gasteiger partial charge >= 0.3 is 0 Å². The molecule has 1 aromatic rings. The first-order chi connectivity index (χ1) is 9.97. The molecule has 1 heterocycles. The molecule has 0 saturated carbocycles. The summed E-state index contributed by atoms with van der Waals surface area (Å²) < 4.78 is 0.975. The Labute approximate surface area is 133 Å². The fraction of sp³-hybridized carbons (Fsp3) is 0.467. The minimum atomic E-state index is -0.474. The Hall–Kier alpha value is -1.40. The van der Waals surface area contributed by atoms with Crippen LogP contribution in [0.2, 0.25) is 0 Å². The van der Waals surface area contributed by atoms with Crippen LogP contribution in [0.5, 0.6) is 0 Å². The van der Waals surface area contributed by atoms with Crippen LogP contribution in [-0.4, -0.2) is 35.8 Å². The van der Waals surface area contributed by atoms with E-state index in [-0.39, 0.29) is 17.7 Å². The molecule has 3 N–H and O–H groups in total. The molecule has 21 heavy (non-hydrogen) atoms. The molecule has 114 valence electrons. The highest BCUT2D eigenvalue weighted by Gasteiger charge is 2.28. The smallest absolute Gasteiger partial charge is 0.239 e. The number of nitrogens with zero attached hydrogens (tertiary/aromatic N) is 1. The summed E-state index contributed by atoms with van der Waals surface area (Å²) in [7, 11) is 0. The van der Waals surface area contributed by atoms with Crippen LogP contribution in [-0.2, 0) is 9.59 Å². The van der Waals surface area contributed by atoms with Crippen LogP contribution in [0, 0.1) is 5.92 Å². The first-order valence-corrected chi connectivity index (χ1v) is 7.87. The van der Waals surface area contributed by atoms with Gasteiger partial charge in [0.2, 0.25) is 11.8 Å². The number of carbonyl (C=O) groups excluding carboxylic acids is 2. The molecular formula is C15H20BrN3O2. The number of hydrogen-bond donors (Lipinski definition) is 2. The van der Waals surface area contributed by atoms with Gasteiger partial charge < -0.3 is 16.0 Å². The highest BCUT2D eigenvalue weighted by Crippen LogP contribution is 2.21. The van der Waals surface area contributed by atoms with E-state index >= 15 is 0 Å². The van der Waals surface area contributed by atoms with E-state index in [0.29, 0.717) is 25.9 Å². The second-order valence-corrected chi connectivity index (χ2v) is 6.30. The van der Waals surface area contributed by atoms with Gasteiger partial charge in [-0.3, -0.25) is 9.59 Å². The number of nitrogens with one attached hydrogen (secondary N) is 1. The molecule has 0 aliphatic carbocycles. The molecule has 5 nitrogen and oxygen atoms in total. The van der Waals surface area contributed by atoms with Crippen molar-refractivity contribution in [2.24, 2.45) is 11.7 Å². The molecule has 1 saturated heterocycles. The van der Waals surface area contributed by atoms with Crippen LogP contribution in [0.3, 0.4) is 0 Å². The maximum Gasteiger partial charge on any atom is 0.239 e. The Morgan fingerprint density at radius 1 is 1.29 bits per heavy atom. The number of likely N-dealkylation sites (tertiary alicyclic amines) is 1. The van der Waals surface area contributed by atoms with Crippen molar-refractivity contribution in [1.82, 2.24) is 4.90 Å². The minimum Gasteiger partial charge on any atom is -0.341 e. The Bertz CT molecular complexity index is 508. The lowest BCUT2D eigenvalue weighted by Crippen LogP contribution is -2.47. The molecule has 0 spiro atoms. The predicted octanol–water partition coefficient (Wildman–Crippen LogP) is 1.97. The van der Waals surface area contributed by atoms with Gasteiger partial charge in [-0.25, -0.2) is 0 Å². The summed E-state index contributed by atoms with van der Waals surface area (Å²) in [5.41, 5.74) is 6.39. The molecule has 0 aromatic heterocycles. The van der Waals surface area contributed by atoms with Crippen molar-refractivity contribution >= 4 is 33.4 Å². The van der Waals surface area contributed by atoms with E-state index < -0.39 is 6.04 Å². The van der Waals surface area contributed by atoms with Crippen LogP contribution in [0.15, 0.2) is 28.7 Å². The normalized spacial score (nSPS) is 17.4. The minimum absolute atomic E-state index is 0.0187. The number of anilines is 1. The van der Waals surface area contributed by atoms with E-state index in [4.69, 9.17) is 5.73 Å². The quantitative estimate of drug-likeness (QED) is 0.872. The van der Waals surface area contributed by atoms with Gasteiger partial charge in [-0.05, 0) is 44.0 Å². The van der Waals surface area contributed by atoms with E-state index in [1.165, 1.54) is 0 Å². The van der Waals surface area contributed by atoms with Crippen molar-refractivity contribution in [1.29, 1.82) is 0 Å². The zero-order chi connectivity index (χ0) is 15.4. The van der Waals surface area contributed by atoms with Gasteiger partial charge in [-0.1, -0.05) is 15.9 Å². The number of amides is 2. The highest BCUT2D eigenvalue weighted by molar-refractivity contribution is 9.10. The van der Waals surface area contributed by atoms with Crippen molar-refractivity contribution in [2.45, 2.75) is 25.8 Å². The van der Waals surface area contributed by atoms with Gasteiger partial charge in [0.05, 0.1) is 6.04 Å². The number of hydrogen-bond acceptors (Lipinski definition) is 3. The molecule has 0 radical (unpaired) electrons. The van der Waals surface area contributed by atoms with Crippen molar-refractivity contribution in [2.75, 3.05) is 18.4 Å². The molecule has 1 fully saturated rings. The molecule has 1 aromatic carbocycles.